The van der Waals surface area contributed by atoms with Crippen molar-refractivity contribution in [2.24, 2.45) is 5.41 Å². The van der Waals surface area contributed by atoms with Crippen molar-refractivity contribution in [3.8, 4) is 0 Å². The maximum absolute atomic E-state index is 12.9. The quantitative estimate of drug-likeness (QED) is 0.644. The van der Waals surface area contributed by atoms with Gasteiger partial charge in [0.2, 0.25) is 15.9 Å². The van der Waals surface area contributed by atoms with Gasteiger partial charge in [0.1, 0.15) is 4.33 Å². The standard InChI is InChI=1S/C19H27Cl2N3O3S/c1-4-24(5-2)28(26,27)14-8-9-16(23-10-6-7-11-23)15(12-14)22-17(25)18(3)13-19(18,20)21/h8-9,12H,4-7,10-11,13H2,1-3H3,(H,22,25). The first-order chi connectivity index (χ1) is 13.1. The molecule has 1 aliphatic carbocycles. The molecule has 156 valence electrons. The lowest BCUT2D eigenvalue weighted by Gasteiger charge is -2.25. The second kappa shape index (κ2) is 7.67. The minimum absolute atomic E-state index is 0.165. The van der Waals surface area contributed by atoms with Crippen LogP contribution in [0, 0.1) is 5.41 Å². The zero-order chi connectivity index (χ0) is 20.7. The van der Waals surface area contributed by atoms with Crippen LogP contribution in [0.1, 0.15) is 40.0 Å². The fourth-order valence-corrected chi connectivity index (χ4v) is 5.82. The lowest BCUT2D eigenvalue weighted by Crippen LogP contribution is -2.31. The smallest absolute Gasteiger partial charge is 0.243 e. The third kappa shape index (κ3) is 3.74. The van der Waals surface area contributed by atoms with Crippen molar-refractivity contribution in [1.29, 1.82) is 0 Å². The van der Waals surface area contributed by atoms with Crippen molar-refractivity contribution in [3.05, 3.63) is 18.2 Å². The molecule has 0 spiro atoms. The minimum atomic E-state index is -3.63. The van der Waals surface area contributed by atoms with Crippen LogP contribution in [0.25, 0.3) is 0 Å². The molecular formula is C19H27Cl2N3O3S. The van der Waals surface area contributed by atoms with Crippen LogP contribution in [0.2, 0.25) is 0 Å². The van der Waals surface area contributed by atoms with Crippen LogP contribution in [0.3, 0.4) is 0 Å². The van der Waals surface area contributed by atoms with Gasteiger partial charge in [-0.05, 0) is 44.4 Å². The first-order valence-corrected chi connectivity index (χ1v) is 11.8. The molecule has 1 aliphatic heterocycles. The summed E-state index contributed by atoms with van der Waals surface area (Å²) in [7, 11) is -3.63. The summed E-state index contributed by atoms with van der Waals surface area (Å²) in [6, 6.07) is 4.94. The summed E-state index contributed by atoms with van der Waals surface area (Å²) in [5.74, 6) is -0.296. The van der Waals surface area contributed by atoms with Gasteiger partial charge in [-0.15, -0.1) is 23.2 Å². The minimum Gasteiger partial charge on any atom is -0.370 e. The number of amides is 1. The molecule has 28 heavy (non-hydrogen) atoms. The Balaban J connectivity index is 1.98. The first kappa shape index (κ1) is 21.7. The Hall–Kier alpha value is -1.02. The number of nitrogens with zero attached hydrogens (tertiary/aromatic N) is 2. The molecule has 1 atom stereocenters. The number of carbonyl (C=O) groups is 1. The number of benzene rings is 1. The van der Waals surface area contributed by atoms with Crippen molar-refractivity contribution >= 4 is 50.5 Å². The van der Waals surface area contributed by atoms with Gasteiger partial charge in [0.05, 0.1) is 21.7 Å². The second-order valence-electron chi connectivity index (χ2n) is 7.63. The first-order valence-electron chi connectivity index (χ1n) is 9.65. The lowest BCUT2D eigenvalue weighted by atomic mass is 10.1. The highest BCUT2D eigenvalue weighted by atomic mass is 35.5. The van der Waals surface area contributed by atoms with E-state index in [0.29, 0.717) is 25.2 Å². The Bertz CT molecular complexity index is 865. The monoisotopic (exact) mass is 447 g/mol. The van der Waals surface area contributed by atoms with Gasteiger partial charge in [0, 0.05) is 26.2 Å². The third-order valence-corrected chi connectivity index (χ3v) is 8.91. The number of carbonyl (C=O) groups excluding carboxylic acids is 1. The predicted molar refractivity (Wildman–Crippen MR) is 114 cm³/mol. The molecule has 9 heteroatoms. The second-order valence-corrected chi connectivity index (χ2v) is 11.1. The van der Waals surface area contributed by atoms with E-state index in [2.05, 4.69) is 10.2 Å². The van der Waals surface area contributed by atoms with E-state index in [-0.39, 0.29) is 10.8 Å². The maximum atomic E-state index is 12.9. The van der Waals surface area contributed by atoms with Crippen LogP contribution >= 0.6 is 23.2 Å². The number of anilines is 2. The molecule has 1 unspecified atom stereocenters. The summed E-state index contributed by atoms with van der Waals surface area (Å²) in [5, 5.41) is 2.90. The summed E-state index contributed by atoms with van der Waals surface area (Å²) in [6.07, 6.45) is 2.50. The molecule has 0 radical (unpaired) electrons. The Morgan fingerprint density at radius 3 is 2.29 bits per heavy atom. The van der Waals surface area contributed by atoms with E-state index >= 15 is 0 Å². The number of rotatable bonds is 7. The van der Waals surface area contributed by atoms with Gasteiger partial charge in [-0.25, -0.2) is 8.42 Å². The van der Waals surface area contributed by atoms with Crippen molar-refractivity contribution in [3.63, 3.8) is 0 Å². The highest BCUT2D eigenvalue weighted by Gasteiger charge is 2.68. The van der Waals surface area contributed by atoms with Crippen molar-refractivity contribution < 1.29 is 13.2 Å². The molecule has 0 aromatic heterocycles. The zero-order valence-corrected chi connectivity index (χ0v) is 18.8. The molecule has 1 saturated heterocycles. The van der Waals surface area contributed by atoms with E-state index in [1.54, 1.807) is 39.0 Å². The van der Waals surface area contributed by atoms with E-state index in [4.69, 9.17) is 23.2 Å². The molecule has 1 saturated carbocycles. The van der Waals surface area contributed by atoms with Gasteiger partial charge in [-0.3, -0.25) is 4.79 Å². The van der Waals surface area contributed by atoms with E-state index in [1.165, 1.54) is 4.31 Å². The summed E-state index contributed by atoms with van der Waals surface area (Å²) in [6.45, 7) is 7.83. The van der Waals surface area contributed by atoms with Crippen LogP contribution in [-0.2, 0) is 14.8 Å². The largest absolute Gasteiger partial charge is 0.370 e. The highest BCUT2D eigenvalue weighted by Crippen LogP contribution is 2.64. The number of hydrogen-bond acceptors (Lipinski definition) is 4. The molecule has 2 fully saturated rings. The van der Waals surface area contributed by atoms with E-state index < -0.39 is 19.8 Å². The SMILES string of the molecule is CCN(CC)S(=O)(=O)c1ccc(N2CCCC2)c(NC(=O)C2(C)CC2(Cl)Cl)c1. The number of halogens is 2. The van der Waals surface area contributed by atoms with Crippen LogP contribution in [-0.4, -0.2) is 49.1 Å². The maximum Gasteiger partial charge on any atom is 0.243 e. The molecule has 1 N–H and O–H groups in total. The van der Waals surface area contributed by atoms with Gasteiger partial charge in [-0.2, -0.15) is 4.31 Å². The van der Waals surface area contributed by atoms with Crippen molar-refractivity contribution in [1.82, 2.24) is 4.31 Å². The lowest BCUT2D eigenvalue weighted by molar-refractivity contribution is -0.120. The number of nitrogens with one attached hydrogen (secondary N) is 1. The number of hydrogen-bond donors (Lipinski definition) is 1. The molecule has 1 heterocycles. The summed E-state index contributed by atoms with van der Waals surface area (Å²) in [4.78, 5) is 15.2. The highest BCUT2D eigenvalue weighted by molar-refractivity contribution is 7.89. The fourth-order valence-electron chi connectivity index (χ4n) is 3.63. The fraction of sp³-hybridized carbons (Fsp3) is 0.632. The molecule has 0 bridgehead atoms. The Morgan fingerprint density at radius 2 is 1.79 bits per heavy atom. The summed E-state index contributed by atoms with van der Waals surface area (Å²) in [5.41, 5.74) is 0.423. The van der Waals surface area contributed by atoms with Gasteiger partial charge in [0.25, 0.3) is 0 Å². The van der Waals surface area contributed by atoms with Crippen molar-refractivity contribution in [2.75, 3.05) is 36.4 Å². The number of sulfonamides is 1. The molecule has 1 aromatic rings. The van der Waals surface area contributed by atoms with Gasteiger partial charge >= 0.3 is 0 Å². The summed E-state index contributed by atoms with van der Waals surface area (Å²) < 4.78 is 26.2. The molecule has 3 rings (SSSR count). The van der Waals surface area contributed by atoms with E-state index in [9.17, 15) is 13.2 Å². The van der Waals surface area contributed by atoms with Gasteiger partial charge < -0.3 is 10.2 Å². The zero-order valence-electron chi connectivity index (χ0n) is 16.5. The number of alkyl halides is 2. The molecule has 1 amide bonds. The molecule has 1 aromatic carbocycles. The molecule has 2 aliphatic rings. The average Bonchev–Trinajstić information content (AvgIpc) is 3.00. The molecule has 6 nitrogen and oxygen atoms in total. The summed E-state index contributed by atoms with van der Waals surface area (Å²) >= 11 is 12.3. The van der Waals surface area contributed by atoms with Crippen LogP contribution in [0.5, 0.6) is 0 Å². The Morgan fingerprint density at radius 1 is 1.21 bits per heavy atom. The van der Waals surface area contributed by atoms with Crippen molar-refractivity contribution in [2.45, 2.75) is 49.3 Å². The van der Waals surface area contributed by atoms with Crippen LogP contribution in [0.15, 0.2) is 23.1 Å². The third-order valence-electron chi connectivity index (χ3n) is 5.77. The van der Waals surface area contributed by atoms with E-state index in [1.807, 2.05) is 0 Å². The topological polar surface area (TPSA) is 69.7 Å². The van der Waals surface area contributed by atoms with Gasteiger partial charge in [-0.1, -0.05) is 13.8 Å². The van der Waals surface area contributed by atoms with Crippen LogP contribution < -0.4 is 10.2 Å². The predicted octanol–water partition coefficient (Wildman–Crippen LogP) is 3.84. The molecular weight excluding hydrogens is 421 g/mol. The van der Waals surface area contributed by atoms with E-state index in [0.717, 1.165) is 31.6 Å². The van der Waals surface area contributed by atoms with Crippen LogP contribution in [0.4, 0.5) is 11.4 Å². The average molecular weight is 448 g/mol. The Labute approximate surface area is 177 Å². The Kier molecular flexibility index (Phi) is 5.94. The van der Waals surface area contributed by atoms with Gasteiger partial charge in [0.15, 0.2) is 0 Å². The normalized spacial score (nSPS) is 23.9.